The number of rotatable bonds is 5. The maximum atomic E-state index is 11.1. The molecule has 0 spiro atoms. The van der Waals surface area contributed by atoms with E-state index in [-0.39, 0.29) is 0 Å². The summed E-state index contributed by atoms with van der Waals surface area (Å²) >= 11 is 0. The van der Waals surface area contributed by atoms with Gasteiger partial charge in [0, 0.05) is 6.42 Å². The summed E-state index contributed by atoms with van der Waals surface area (Å²) in [5, 5.41) is 11.9. The monoisotopic (exact) mass is 247 g/mol. The van der Waals surface area contributed by atoms with Crippen molar-refractivity contribution >= 4 is 17.0 Å². The van der Waals surface area contributed by atoms with E-state index in [1.807, 2.05) is 35.8 Å². The van der Waals surface area contributed by atoms with Crippen LogP contribution in [0.3, 0.4) is 0 Å². The summed E-state index contributed by atoms with van der Waals surface area (Å²) in [5.74, 6) is 0.0648. The Balaban J connectivity index is 2.44. The maximum Gasteiger partial charge on any atom is 0.322 e. The highest BCUT2D eigenvalue weighted by Gasteiger charge is 2.18. The molecule has 96 valence electrons. The van der Waals surface area contributed by atoms with Crippen molar-refractivity contribution in [1.29, 1.82) is 0 Å². The molecular weight excluding hydrogens is 230 g/mol. The molecule has 18 heavy (non-hydrogen) atoms. The first-order valence-electron chi connectivity index (χ1n) is 6.01. The lowest BCUT2D eigenvalue weighted by atomic mass is 10.2. The van der Waals surface area contributed by atoms with Crippen LogP contribution >= 0.6 is 0 Å². The zero-order valence-electron chi connectivity index (χ0n) is 10.6. The number of fused-ring (bicyclic) bond motifs is 1. The molecule has 1 atom stereocenters. The average molecular weight is 247 g/mol. The summed E-state index contributed by atoms with van der Waals surface area (Å²) in [7, 11) is 1.66. The number of hydrogen-bond donors (Lipinski definition) is 2. The maximum absolute atomic E-state index is 11.1. The molecule has 2 rings (SSSR count). The van der Waals surface area contributed by atoms with E-state index in [0.29, 0.717) is 6.54 Å². The van der Waals surface area contributed by atoms with Crippen LogP contribution in [0.25, 0.3) is 11.0 Å². The summed E-state index contributed by atoms with van der Waals surface area (Å²) in [6.07, 6.45) is 0.782. The third-order valence-corrected chi connectivity index (χ3v) is 3.06. The number of aromatic nitrogens is 2. The molecule has 0 aliphatic heterocycles. The van der Waals surface area contributed by atoms with Gasteiger partial charge in [-0.3, -0.25) is 4.79 Å². The molecule has 1 unspecified atom stereocenters. The highest BCUT2D eigenvalue weighted by molar-refractivity contribution is 5.77. The van der Waals surface area contributed by atoms with Crippen LogP contribution < -0.4 is 5.32 Å². The lowest BCUT2D eigenvalue weighted by molar-refractivity contribution is -0.139. The molecule has 0 bridgehead atoms. The topological polar surface area (TPSA) is 67.2 Å². The van der Waals surface area contributed by atoms with Gasteiger partial charge in [0.05, 0.1) is 17.6 Å². The number of carboxylic acid groups (broad SMARTS) is 1. The second kappa shape index (κ2) is 5.18. The first-order valence-corrected chi connectivity index (χ1v) is 6.01. The number of hydrogen-bond acceptors (Lipinski definition) is 3. The van der Waals surface area contributed by atoms with Gasteiger partial charge in [0.15, 0.2) is 0 Å². The molecule has 0 amide bonds. The average Bonchev–Trinajstić information content (AvgIpc) is 2.73. The Morgan fingerprint density at radius 1 is 1.50 bits per heavy atom. The molecule has 1 aromatic carbocycles. The molecule has 5 nitrogen and oxygen atoms in total. The zero-order valence-corrected chi connectivity index (χ0v) is 10.6. The van der Waals surface area contributed by atoms with Gasteiger partial charge in [-0.15, -0.1) is 0 Å². The fourth-order valence-corrected chi connectivity index (χ4v) is 2.07. The SMILES string of the molecule is CCc1nc2ccccc2n1CC(NC)C(=O)O. The van der Waals surface area contributed by atoms with E-state index in [0.717, 1.165) is 23.3 Å². The Kier molecular flexibility index (Phi) is 3.62. The number of carbonyl (C=O) groups is 1. The number of imidazole rings is 1. The second-order valence-electron chi connectivity index (χ2n) is 4.16. The summed E-state index contributed by atoms with van der Waals surface area (Å²) in [6.45, 7) is 2.41. The first-order chi connectivity index (χ1) is 8.67. The smallest absolute Gasteiger partial charge is 0.322 e. The Labute approximate surface area is 105 Å². The highest BCUT2D eigenvalue weighted by Crippen LogP contribution is 2.16. The van der Waals surface area contributed by atoms with E-state index in [9.17, 15) is 4.79 Å². The number of likely N-dealkylation sites (N-methyl/N-ethyl adjacent to an activating group) is 1. The Morgan fingerprint density at radius 3 is 2.83 bits per heavy atom. The van der Waals surface area contributed by atoms with Crippen molar-refractivity contribution in [3.8, 4) is 0 Å². The number of benzene rings is 1. The molecule has 2 aromatic rings. The second-order valence-corrected chi connectivity index (χ2v) is 4.16. The number of aryl methyl sites for hydroxylation is 1. The van der Waals surface area contributed by atoms with Crippen LogP contribution in [0.15, 0.2) is 24.3 Å². The quantitative estimate of drug-likeness (QED) is 0.835. The molecule has 1 heterocycles. The van der Waals surface area contributed by atoms with Crippen molar-refractivity contribution in [2.75, 3.05) is 7.05 Å². The Hall–Kier alpha value is -1.88. The molecule has 2 N–H and O–H groups in total. The third kappa shape index (κ3) is 2.22. The highest BCUT2D eigenvalue weighted by atomic mass is 16.4. The van der Waals surface area contributed by atoms with Crippen LogP contribution in [0.1, 0.15) is 12.7 Å². The normalized spacial score (nSPS) is 12.8. The van der Waals surface area contributed by atoms with Gasteiger partial charge in [0.2, 0.25) is 0 Å². The van der Waals surface area contributed by atoms with Crippen molar-refractivity contribution in [1.82, 2.24) is 14.9 Å². The summed E-state index contributed by atoms with van der Waals surface area (Å²) in [6, 6.07) is 7.19. The standard InChI is InChI=1S/C13H17N3O2/c1-3-12-15-9-6-4-5-7-11(9)16(12)8-10(14-2)13(17)18/h4-7,10,14H,3,8H2,1-2H3,(H,17,18). The van der Waals surface area contributed by atoms with E-state index in [4.69, 9.17) is 5.11 Å². The van der Waals surface area contributed by atoms with Crippen molar-refractivity contribution < 1.29 is 9.90 Å². The van der Waals surface area contributed by atoms with Crippen molar-refractivity contribution in [2.45, 2.75) is 25.9 Å². The van der Waals surface area contributed by atoms with E-state index in [2.05, 4.69) is 10.3 Å². The number of nitrogens with zero attached hydrogens (tertiary/aromatic N) is 2. The predicted molar refractivity (Wildman–Crippen MR) is 69.6 cm³/mol. The van der Waals surface area contributed by atoms with Gasteiger partial charge in [-0.2, -0.15) is 0 Å². The van der Waals surface area contributed by atoms with Gasteiger partial charge in [-0.05, 0) is 19.2 Å². The Bertz CT molecular complexity index is 562. The molecule has 0 saturated heterocycles. The molecule has 1 aromatic heterocycles. The van der Waals surface area contributed by atoms with Gasteiger partial charge >= 0.3 is 5.97 Å². The lowest BCUT2D eigenvalue weighted by Crippen LogP contribution is -2.38. The van der Waals surface area contributed by atoms with Crippen molar-refractivity contribution in [3.63, 3.8) is 0 Å². The van der Waals surface area contributed by atoms with Gasteiger partial charge in [-0.1, -0.05) is 19.1 Å². The van der Waals surface area contributed by atoms with Gasteiger partial charge < -0.3 is 15.0 Å². The Morgan fingerprint density at radius 2 is 2.22 bits per heavy atom. The van der Waals surface area contributed by atoms with E-state index < -0.39 is 12.0 Å². The van der Waals surface area contributed by atoms with Crippen LogP contribution in [0.2, 0.25) is 0 Å². The molecular formula is C13H17N3O2. The molecule has 0 aliphatic carbocycles. The number of nitrogens with one attached hydrogen (secondary N) is 1. The van der Waals surface area contributed by atoms with Crippen molar-refractivity contribution in [2.24, 2.45) is 0 Å². The first kappa shape index (κ1) is 12.6. The minimum atomic E-state index is -0.850. The van der Waals surface area contributed by atoms with Gasteiger partial charge in [-0.25, -0.2) is 4.98 Å². The summed E-state index contributed by atoms with van der Waals surface area (Å²) < 4.78 is 1.98. The zero-order chi connectivity index (χ0) is 13.1. The summed E-state index contributed by atoms with van der Waals surface area (Å²) in [5.41, 5.74) is 1.89. The van der Waals surface area contributed by atoms with E-state index >= 15 is 0 Å². The predicted octanol–water partition coefficient (Wildman–Crippen LogP) is 1.27. The molecule has 5 heteroatoms. The van der Waals surface area contributed by atoms with Gasteiger partial charge in [0.25, 0.3) is 0 Å². The number of para-hydroxylation sites is 2. The molecule has 0 saturated carbocycles. The minimum Gasteiger partial charge on any atom is -0.480 e. The molecule has 0 radical (unpaired) electrons. The fourth-order valence-electron chi connectivity index (χ4n) is 2.07. The number of aliphatic carboxylic acids is 1. The largest absolute Gasteiger partial charge is 0.480 e. The van der Waals surface area contributed by atoms with Crippen LogP contribution in [0.4, 0.5) is 0 Å². The van der Waals surface area contributed by atoms with Crippen LogP contribution in [0, 0.1) is 0 Å². The van der Waals surface area contributed by atoms with E-state index in [1.54, 1.807) is 7.05 Å². The van der Waals surface area contributed by atoms with Gasteiger partial charge in [0.1, 0.15) is 11.9 Å². The van der Waals surface area contributed by atoms with Crippen LogP contribution in [0.5, 0.6) is 0 Å². The fraction of sp³-hybridized carbons (Fsp3) is 0.385. The number of carboxylic acids is 1. The lowest BCUT2D eigenvalue weighted by Gasteiger charge is -2.14. The van der Waals surface area contributed by atoms with E-state index in [1.165, 1.54) is 0 Å². The minimum absolute atomic E-state index is 0.384. The molecule has 0 aliphatic rings. The molecule has 0 fully saturated rings. The summed E-state index contributed by atoms with van der Waals surface area (Å²) in [4.78, 5) is 15.6. The van der Waals surface area contributed by atoms with Crippen LogP contribution in [-0.4, -0.2) is 33.7 Å². The third-order valence-electron chi connectivity index (χ3n) is 3.06. The van der Waals surface area contributed by atoms with Crippen LogP contribution in [-0.2, 0) is 17.8 Å². The van der Waals surface area contributed by atoms with Crippen molar-refractivity contribution in [3.05, 3.63) is 30.1 Å².